The number of nitrogens with one attached hydrogen (secondary N) is 3. The predicted octanol–water partition coefficient (Wildman–Crippen LogP) is 18.5. The molecule has 0 aromatic heterocycles. The minimum Gasteiger partial charge on any atom is -0.493 e. The average Bonchev–Trinajstić information content (AvgIpc) is 1.64. The minimum atomic E-state index is 0.0876. The van der Waals surface area contributed by atoms with Gasteiger partial charge in [-0.2, -0.15) is 0 Å². The third-order valence-electron chi connectivity index (χ3n) is 22.1. The van der Waals surface area contributed by atoms with E-state index in [1.54, 1.807) is 28.4 Å². The summed E-state index contributed by atoms with van der Waals surface area (Å²) in [7, 11) is 6.68. The molecule has 8 aromatic rings. The first-order valence-electron chi connectivity index (χ1n) is 39.3. The van der Waals surface area contributed by atoms with Gasteiger partial charge in [0.15, 0.2) is 46.0 Å². The summed E-state index contributed by atoms with van der Waals surface area (Å²) in [5.74, 6) is 7.45. The molecule has 15 rings (SSSR count). The van der Waals surface area contributed by atoms with E-state index in [4.69, 9.17) is 42.6 Å². The van der Waals surface area contributed by atoms with E-state index in [0.29, 0.717) is 69.5 Å². The van der Waals surface area contributed by atoms with Crippen molar-refractivity contribution in [2.45, 2.75) is 172 Å². The Labute approximate surface area is 638 Å². The lowest BCUT2D eigenvalue weighted by Gasteiger charge is -2.20. The van der Waals surface area contributed by atoms with Crippen molar-refractivity contribution in [1.29, 1.82) is 0 Å². The average molecular weight is 1470 g/mol. The standard InChI is InChI=1S/C37H40N2O5.C27H34N2O4.C26H34N2O3/c1-41-33-17-15-27(19-35(33)43-25-26-9-4-3-5-10-26)23-38-30-11-8-12-31(22-30)39-24-29(21-37(39)40)28-16-18-34(42-2)36(20-28)44-32-13-6-7-14-32;1-31-25-10-9-20(13-26(25)33-24-7-2-3-8-24)21-14-27(30)29(17-21)23-6-4-5-22(15-23)28-16-19-11-12-32-18-19;1-3-4-14-27-21-8-7-9-22(17-21)28-18-20(16-26(28)29)19-12-13-24(30-2)25(15-19)31-23-10-5-6-11-23/h3-5,8-12,15-20,22,29,32,38H,6-7,13-14,21,23-25H2,1-2H3;4-6,9-10,13,15,19,21,24,28H,2-3,7-8,11-12,14,16-18H2,1H3;7-9,12-13,15,17,20,23,27H,3-6,10-11,14,16,18H2,1-2H3. The summed E-state index contributed by atoms with van der Waals surface area (Å²) in [6.07, 6.45) is 19.5. The monoisotopic (exact) mass is 1460 g/mol. The Kier molecular flexibility index (Phi) is 26.5. The van der Waals surface area contributed by atoms with Gasteiger partial charge in [-0.15, -0.1) is 0 Å². The van der Waals surface area contributed by atoms with Crippen LogP contribution >= 0.6 is 0 Å². The second-order valence-electron chi connectivity index (χ2n) is 29.7. The first-order chi connectivity index (χ1) is 53.0. The summed E-state index contributed by atoms with van der Waals surface area (Å²) in [6, 6.07) is 58.8. The molecule has 0 bridgehead atoms. The lowest BCUT2D eigenvalue weighted by molar-refractivity contribution is -0.118. The number of unbranched alkanes of at least 4 members (excludes halogenated alkanes) is 1. The summed E-state index contributed by atoms with van der Waals surface area (Å²) < 4.78 is 52.6. The molecule has 3 N–H and O–H groups in total. The van der Waals surface area contributed by atoms with E-state index in [-0.39, 0.29) is 53.8 Å². The molecular formula is C90H108N6O12. The van der Waals surface area contributed by atoms with Crippen molar-refractivity contribution < 1.29 is 57.0 Å². The Morgan fingerprint density at radius 2 is 0.824 bits per heavy atom. The van der Waals surface area contributed by atoms with Gasteiger partial charge in [0.2, 0.25) is 17.7 Å². The number of amides is 3. The number of hydrogen-bond acceptors (Lipinski definition) is 15. The molecule has 570 valence electrons. The molecule has 3 amide bonds. The summed E-state index contributed by atoms with van der Waals surface area (Å²) in [5, 5.41) is 10.5. The van der Waals surface area contributed by atoms with E-state index in [0.717, 1.165) is 181 Å². The van der Waals surface area contributed by atoms with Crippen LogP contribution in [0.4, 0.5) is 34.1 Å². The van der Waals surface area contributed by atoms with Crippen LogP contribution in [0.2, 0.25) is 0 Å². The largest absolute Gasteiger partial charge is 0.493 e. The number of benzene rings is 8. The third kappa shape index (κ3) is 20.0. The van der Waals surface area contributed by atoms with Crippen LogP contribution in [0.3, 0.4) is 0 Å². The van der Waals surface area contributed by atoms with Gasteiger partial charge in [-0.3, -0.25) is 14.4 Å². The highest BCUT2D eigenvalue weighted by Gasteiger charge is 2.36. The smallest absolute Gasteiger partial charge is 0.227 e. The van der Waals surface area contributed by atoms with Crippen molar-refractivity contribution in [3.05, 3.63) is 204 Å². The van der Waals surface area contributed by atoms with Crippen LogP contribution in [0.5, 0.6) is 46.0 Å². The number of nitrogens with zero attached hydrogens (tertiary/aromatic N) is 3. The van der Waals surface area contributed by atoms with Crippen LogP contribution in [0.15, 0.2) is 176 Å². The van der Waals surface area contributed by atoms with Gasteiger partial charge < -0.3 is 73.3 Å². The first kappa shape index (κ1) is 76.1. The van der Waals surface area contributed by atoms with E-state index < -0.39 is 0 Å². The van der Waals surface area contributed by atoms with Gasteiger partial charge >= 0.3 is 0 Å². The fourth-order valence-corrected chi connectivity index (χ4v) is 15.9. The zero-order valence-corrected chi connectivity index (χ0v) is 63.6. The fourth-order valence-electron chi connectivity index (χ4n) is 15.9. The highest BCUT2D eigenvalue weighted by Crippen LogP contribution is 2.43. The second-order valence-corrected chi connectivity index (χ2v) is 29.7. The lowest BCUT2D eigenvalue weighted by atomic mass is 9.98. The first-order valence-corrected chi connectivity index (χ1v) is 39.3. The van der Waals surface area contributed by atoms with E-state index in [9.17, 15) is 14.4 Å². The summed E-state index contributed by atoms with van der Waals surface area (Å²) >= 11 is 0. The number of methoxy groups -OCH3 is 4. The number of ether oxygens (including phenoxy) is 9. The SMILES string of the molecule is CCCCNc1cccc(N2CC(c3ccc(OC)c(OC4CCCC4)c3)CC2=O)c1.COc1ccc(C2CC(=O)N(c3cccc(NCC4CCOC4)c3)C2)cc1OC1CCCC1.COc1ccc(CNc2cccc(N3CC(c4ccc(OC)c(OC5CCCC5)c4)CC3=O)c2)cc1OCc1ccccc1. The van der Waals surface area contributed by atoms with Crippen LogP contribution < -0.4 is 68.5 Å². The normalized spacial score (nSPS) is 19.4. The maximum absolute atomic E-state index is 13.2. The Morgan fingerprint density at radius 3 is 1.24 bits per heavy atom. The number of carbonyl (C=O) groups excluding carboxylic acids is 3. The Morgan fingerprint density at radius 1 is 0.407 bits per heavy atom. The van der Waals surface area contributed by atoms with Crippen LogP contribution in [0.1, 0.15) is 168 Å². The summed E-state index contributed by atoms with van der Waals surface area (Å²) in [6.45, 7) is 8.76. The van der Waals surface area contributed by atoms with Gasteiger partial charge in [0.25, 0.3) is 0 Å². The van der Waals surface area contributed by atoms with Crippen molar-refractivity contribution in [1.82, 2.24) is 0 Å². The molecule has 8 aromatic carbocycles. The van der Waals surface area contributed by atoms with Crippen molar-refractivity contribution in [2.75, 3.05) is 105 Å². The Hall–Kier alpha value is -10.1. The third-order valence-corrected chi connectivity index (χ3v) is 22.1. The van der Waals surface area contributed by atoms with Crippen LogP contribution in [-0.4, -0.2) is 110 Å². The van der Waals surface area contributed by atoms with E-state index in [1.807, 2.05) is 130 Å². The molecule has 4 aliphatic heterocycles. The lowest BCUT2D eigenvalue weighted by Crippen LogP contribution is -2.24. The molecule has 18 heteroatoms. The molecule has 4 heterocycles. The maximum Gasteiger partial charge on any atom is 0.227 e. The summed E-state index contributed by atoms with van der Waals surface area (Å²) in [5.41, 5.74) is 11.4. The molecule has 4 unspecified atom stereocenters. The highest BCUT2D eigenvalue weighted by atomic mass is 16.5. The Bertz CT molecular complexity index is 4260. The number of hydrogen-bond donors (Lipinski definition) is 3. The van der Waals surface area contributed by atoms with E-state index in [2.05, 4.69) is 83.5 Å². The van der Waals surface area contributed by atoms with E-state index >= 15 is 0 Å². The quantitative estimate of drug-likeness (QED) is 0.0377. The molecule has 4 saturated heterocycles. The van der Waals surface area contributed by atoms with Gasteiger partial charge in [-0.25, -0.2) is 0 Å². The van der Waals surface area contributed by atoms with Gasteiger partial charge in [0, 0.05) is 123 Å². The van der Waals surface area contributed by atoms with Crippen LogP contribution in [0.25, 0.3) is 0 Å². The van der Waals surface area contributed by atoms with E-state index in [1.165, 1.54) is 38.5 Å². The molecular weight excluding hydrogens is 1360 g/mol. The molecule has 7 aliphatic rings. The molecule has 3 saturated carbocycles. The number of carbonyl (C=O) groups is 3. The fraction of sp³-hybridized carbons (Fsp3) is 0.433. The van der Waals surface area contributed by atoms with Gasteiger partial charge in [-0.05, 0) is 221 Å². The predicted molar refractivity (Wildman–Crippen MR) is 428 cm³/mol. The summed E-state index contributed by atoms with van der Waals surface area (Å²) in [4.78, 5) is 44.8. The molecule has 0 spiro atoms. The van der Waals surface area contributed by atoms with Crippen molar-refractivity contribution in [3.8, 4) is 46.0 Å². The van der Waals surface area contributed by atoms with Crippen molar-refractivity contribution in [3.63, 3.8) is 0 Å². The van der Waals surface area contributed by atoms with Crippen molar-refractivity contribution in [2.24, 2.45) is 5.92 Å². The topological polar surface area (TPSA) is 180 Å². The van der Waals surface area contributed by atoms with Crippen LogP contribution in [-0.2, 0) is 32.3 Å². The zero-order chi connectivity index (χ0) is 74.6. The van der Waals surface area contributed by atoms with Gasteiger partial charge in [0.05, 0.1) is 53.4 Å². The van der Waals surface area contributed by atoms with Gasteiger partial charge in [0.1, 0.15) is 6.61 Å². The number of rotatable bonds is 29. The zero-order valence-electron chi connectivity index (χ0n) is 63.6. The van der Waals surface area contributed by atoms with Crippen molar-refractivity contribution >= 4 is 51.8 Å². The molecule has 7 fully saturated rings. The highest BCUT2D eigenvalue weighted by molar-refractivity contribution is 5.98. The maximum atomic E-state index is 13.2. The van der Waals surface area contributed by atoms with Crippen LogP contribution in [0, 0.1) is 5.92 Å². The minimum absolute atomic E-state index is 0.0876. The van der Waals surface area contributed by atoms with Gasteiger partial charge in [-0.1, -0.05) is 86.1 Å². The molecule has 3 aliphatic carbocycles. The molecule has 108 heavy (non-hydrogen) atoms. The molecule has 0 radical (unpaired) electrons. The molecule has 4 atom stereocenters. The Balaban J connectivity index is 0.000000146. The second kappa shape index (κ2) is 37.6. The molecule has 18 nitrogen and oxygen atoms in total. The number of anilines is 6.